The highest BCUT2D eigenvalue weighted by atomic mass is 16.5. The van der Waals surface area contributed by atoms with Gasteiger partial charge in [0.05, 0.1) is 19.2 Å². The molecule has 0 radical (unpaired) electrons. The van der Waals surface area contributed by atoms with Gasteiger partial charge in [0.15, 0.2) is 17.3 Å². The molecule has 0 aliphatic carbocycles. The Bertz CT molecular complexity index is 996. The highest BCUT2D eigenvalue weighted by Gasteiger charge is 2.17. The Morgan fingerprint density at radius 2 is 1.45 bits per heavy atom. The molecule has 5 nitrogen and oxygen atoms in total. The summed E-state index contributed by atoms with van der Waals surface area (Å²) in [5.41, 5.74) is 2.34. The van der Waals surface area contributed by atoms with Gasteiger partial charge in [0.1, 0.15) is 6.61 Å². The molecule has 0 spiro atoms. The standard InChI is InChI=1S/C24H23NO4/c1-17-11-13-18(14-12-17)23(26)19-7-3-4-8-20(19)24(27)25-15-16-29-22-10-6-5-9-21(22)28-2/h3-14H,15-16H2,1-2H3,(H,25,27). The van der Waals surface area contributed by atoms with Crippen LogP contribution in [0.2, 0.25) is 0 Å². The molecule has 3 rings (SSSR count). The molecule has 0 unspecified atom stereocenters. The van der Waals surface area contributed by atoms with Crippen LogP contribution < -0.4 is 14.8 Å². The number of benzene rings is 3. The Morgan fingerprint density at radius 3 is 2.14 bits per heavy atom. The second-order valence-corrected chi connectivity index (χ2v) is 6.50. The van der Waals surface area contributed by atoms with E-state index in [1.807, 2.05) is 31.2 Å². The van der Waals surface area contributed by atoms with Crippen LogP contribution in [-0.4, -0.2) is 32.0 Å². The van der Waals surface area contributed by atoms with Crippen molar-refractivity contribution in [1.29, 1.82) is 0 Å². The van der Waals surface area contributed by atoms with Gasteiger partial charge in [0.25, 0.3) is 5.91 Å². The molecule has 0 saturated heterocycles. The molecule has 1 amide bonds. The zero-order valence-corrected chi connectivity index (χ0v) is 16.5. The predicted molar refractivity (Wildman–Crippen MR) is 112 cm³/mol. The average molecular weight is 389 g/mol. The summed E-state index contributed by atoms with van der Waals surface area (Å²) in [7, 11) is 1.58. The van der Waals surface area contributed by atoms with Crippen molar-refractivity contribution in [3.63, 3.8) is 0 Å². The molecule has 0 fully saturated rings. The topological polar surface area (TPSA) is 64.6 Å². The van der Waals surface area contributed by atoms with Gasteiger partial charge in [-0.15, -0.1) is 0 Å². The van der Waals surface area contributed by atoms with Crippen LogP contribution >= 0.6 is 0 Å². The monoisotopic (exact) mass is 389 g/mol. The zero-order valence-electron chi connectivity index (χ0n) is 16.5. The molecule has 3 aromatic carbocycles. The summed E-state index contributed by atoms with van der Waals surface area (Å²) in [5, 5.41) is 2.81. The molecular weight excluding hydrogens is 366 g/mol. The van der Waals surface area contributed by atoms with Crippen molar-refractivity contribution in [3.05, 3.63) is 95.1 Å². The number of carbonyl (C=O) groups excluding carboxylic acids is 2. The third-order valence-electron chi connectivity index (χ3n) is 4.44. The Balaban J connectivity index is 1.64. The van der Waals surface area contributed by atoms with Crippen molar-refractivity contribution in [2.45, 2.75) is 6.92 Å². The summed E-state index contributed by atoms with van der Waals surface area (Å²) in [6.07, 6.45) is 0. The summed E-state index contributed by atoms with van der Waals surface area (Å²) < 4.78 is 10.9. The molecule has 0 bridgehead atoms. The van der Waals surface area contributed by atoms with Gasteiger partial charge < -0.3 is 14.8 Å². The normalized spacial score (nSPS) is 10.3. The molecule has 3 aromatic rings. The summed E-state index contributed by atoms with van der Waals surface area (Å²) in [6.45, 7) is 2.53. The van der Waals surface area contributed by atoms with Crippen LogP contribution in [0.3, 0.4) is 0 Å². The van der Waals surface area contributed by atoms with Gasteiger partial charge in [-0.25, -0.2) is 0 Å². The fourth-order valence-electron chi connectivity index (χ4n) is 2.90. The van der Waals surface area contributed by atoms with E-state index in [0.29, 0.717) is 34.7 Å². The zero-order chi connectivity index (χ0) is 20.6. The van der Waals surface area contributed by atoms with Crippen molar-refractivity contribution < 1.29 is 19.1 Å². The molecule has 0 aromatic heterocycles. The molecule has 0 atom stereocenters. The minimum Gasteiger partial charge on any atom is -0.493 e. The van der Waals surface area contributed by atoms with Crippen LogP contribution in [0.1, 0.15) is 31.8 Å². The smallest absolute Gasteiger partial charge is 0.252 e. The van der Waals surface area contributed by atoms with Gasteiger partial charge >= 0.3 is 0 Å². The first kappa shape index (κ1) is 20.1. The van der Waals surface area contributed by atoms with E-state index in [9.17, 15) is 9.59 Å². The van der Waals surface area contributed by atoms with Gasteiger partial charge in [0.2, 0.25) is 0 Å². The van der Waals surface area contributed by atoms with Crippen LogP contribution in [0.4, 0.5) is 0 Å². The van der Waals surface area contributed by atoms with Crippen LogP contribution in [0.25, 0.3) is 0 Å². The number of methoxy groups -OCH3 is 1. The number of aryl methyl sites for hydroxylation is 1. The van der Waals surface area contributed by atoms with E-state index < -0.39 is 0 Å². The van der Waals surface area contributed by atoms with Crippen LogP contribution in [0.5, 0.6) is 11.5 Å². The van der Waals surface area contributed by atoms with E-state index in [1.165, 1.54) is 0 Å². The number of hydrogen-bond donors (Lipinski definition) is 1. The van der Waals surface area contributed by atoms with Crippen molar-refractivity contribution >= 4 is 11.7 Å². The molecular formula is C24H23NO4. The minimum absolute atomic E-state index is 0.180. The minimum atomic E-state index is -0.315. The molecule has 0 saturated carbocycles. The Kier molecular flexibility index (Phi) is 6.63. The number of ketones is 1. The first-order valence-electron chi connectivity index (χ1n) is 9.34. The van der Waals surface area contributed by atoms with E-state index in [2.05, 4.69) is 5.32 Å². The van der Waals surface area contributed by atoms with Gasteiger partial charge in [-0.05, 0) is 25.1 Å². The molecule has 5 heteroatoms. The predicted octanol–water partition coefficient (Wildman–Crippen LogP) is 4.04. The van der Waals surface area contributed by atoms with E-state index in [0.717, 1.165) is 5.56 Å². The van der Waals surface area contributed by atoms with E-state index in [4.69, 9.17) is 9.47 Å². The van der Waals surface area contributed by atoms with Gasteiger partial charge in [-0.1, -0.05) is 60.2 Å². The number of amides is 1. The van der Waals surface area contributed by atoms with Crippen LogP contribution in [0.15, 0.2) is 72.8 Å². The lowest BCUT2D eigenvalue weighted by molar-refractivity contribution is 0.0936. The van der Waals surface area contributed by atoms with E-state index in [1.54, 1.807) is 55.6 Å². The van der Waals surface area contributed by atoms with Crippen LogP contribution in [0, 0.1) is 6.92 Å². The first-order chi connectivity index (χ1) is 14.1. The maximum Gasteiger partial charge on any atom is 0.252 e. The highest BCUT2D eigenvalue weighted by Crippen LogP contribution is 2.25. The lowest BCUT2D eigenvalue weighted by atomic mass is 9.97. The Labute approximate surface area is 170 Å². The van der Waals surface area contributed by atoms with E-state index >= 15 is 0 Å². The fraction of sp³-hybridized carbons (Fsp3) is 0.167. The fourth-order valence-corrected chi connectivity index (χ4v) is 2.90. The highest BCUT2D eigenvalue weighted by molar-refractivity contribution is 6.15. The number of rotatable bonds is 8. The first-order valence-corrected chi connectivity index (χ1v) is 9.34. The van der Waals surface area contributed by atoms with Gasteiger partial charge in [-0.2, -0.15) is 0 Å². The number of hydrogen-bond acceptors (Lipinski definition) is 4. The number of nitrogens with one attached hydrogen (secondary N) is 1. The summed E-state index contributed by atoms with van der Waals surface area (Å²) in [5.74, 6) is 0.748. The number of carbonyl (C=O) groups is 2. The van der Waals surface area contributed by atoms with Crippen molar-refractivity contribution in [1.82, 2.24) is 5.32 Å². The molecule has 1 N–H and O–H groups in total. The summed E-state index contributed by atoms with van der Waals surface area (Å²) >= 11 is 0. The third kappa shape index (κ3) is 5.02. The molecule has 0 aliphatic rings. The van der Waals surface area contributed by atoms with Crippen LogP contribution in [-0.2, 0) is 0 Å². The largest absolute Gasteiger partial charge is 0.493 e. The van der Waals surface area contributed by atoms with E-state index in [-0.39, 0.29) is 18.3 Å². The summed E-state index contributed by atoms with van der Waals surface area (Å²) in [6, 6.07) is 21.4. The van der Waals surface area contributed by atoms with Crippen molar-refractivity contribution in [2.75, 3.05) is 20.3 Å². The molecule has 0 heterocycles. The maximum atomic E-state index is 12.8. The average Bonchev–Trinajstić information content (AvgIpc) is 2.77. The summed E-state index contributed by atoms with van der Waals surface area (Å²) in [4.78, 5) is 25.5. The SMILES string of the molecule is COc1ccccc1OCCNC(=O)c1ccccc1C(=O)c1ccc(C)cc1. The quantitative estimate of drug-likeness (QED) is 0.466. The third-order valence-corrected chi connectivity index (χ3v) is 4.44. The van der Waals surface area contributed by atoms with Gasteiger partial charge in [-0.3, -0.25) is 9.59 Å². The lowest BCUT2D eigenvalue weighted by Gasteiger charge is -2.12. The number of para-hydroxylation sites is 2. The lowest BCUT2D eigenvalue weighted by Crippen LogP contribution is -2.29. The number of ether oxygens (including phenoxy) is 2. The van der Waals surface area contributed by atoms with Gasteiger partial charge in [0, 0.05) is 11.1 Å². The Hall–Kier alpha value is -3.60. The molecule has 0 aliphatic heterocycles. The second kappa shape index (κ2) is 9.55. The Morgan fingerprint density at radius 1 is 0.828 bits per heavy atom. The molecule has 29 heavy (non-hydrogen) atoms. The molecule has 148 valence electrons. The van der Waals surface area contributed by atoms with Crippen molar-refractivity contribution in [3.8, 4) is 11.5 Å². The second-order valence-electron chi connectivity index (χ2n) is 6.50. The van der Waals surface area contributed by atoms with Crippen molar-refractivity contribution in [2.24, 2.45) is 0 Å². The maximum absolute atomic E-state index is 12.8.